The number of methoxy groups -OCH3 is 1. The number of anilines is 1. The number of nitro groups is 1. The number of nitro benzene ring substituents is 1. The zero-order valence-corrected chi connectivity index (χ0v) is 11.4. The van der Waals surface area contributed by atoms with Crippen LogP contribution in [0.5, 0.6) is 11.5 Å². The van der Waals surface area contributed by atoms with Crippen molar-refractivity contribution >= 4 is 17.3 Å². The quantitative estimate of drug-likeness (QED) is 0.403. The molecule has 0 heterocycles. The molecule has 114 valence electrons. The van der Waals surface area contributed by atoms with Gasteiger partial charge < -0.3 is 15.2 Å². The van der Waals surface area contributed by atoms with E-state index in [-0.39, 0.29) is 28.4 Å². The monoisotopic (exact) mass is 306 g/mol. The summed E-state index contributed by atoms with van der Waals surface area (Å²) >= 11 is 0. The smallest absolute Gasteiger partial charge is 0.341 e. The van der Waals surface area contributed by atoms with Crippen LogP contribution in [0.25, 0.3) is 0 Å². The van der Waals surface area contributed by atoms with E-state index in [1.807, 2.05) is 0 Å². The third-order valence-electron chi connectivity index (χ3n) is 2.77. The maximum absolute atomic E-state index is 13.1. The van der Waals surface area contributed by atoms with Crippen molar-refractivity contribution < 1.29 is 23.6 Å². The zero-order valence-electron chi connectivity index (χ0n) is 11.4. The molecule has 0 aliphatic rings. The number of nitrogen functional groups attached to an aromatic ring is 1. The summed E-state index contributed by atoms with van der Waals surface area (Å²) in [6, 6.07) is 7.12. The van der Waals surface area contributed by atoms with Crippen molar-refractivity contribution in [2.45, 2.75) is 0 Å². The molecule has 0 saturated heterocycles. The molecule has 2 aromatic carbocycles. The summed E-state index contributed by atoms with van der Waals surface area (Å²) < 4.78 is 23.1. The van der Waals surface area contributed by atoms with Gasteiger partial charge in [-0.2, -0.15) is 0 Å². The van der Waals surface area contributed by atoms with Crippen molar-refractivity contribution in [3.8, 4) is 11.5 Å². The molecule has 0 aliphatic carbocycles. The third-order valence-corrected chi connectivity index (χ3v) is 2.77. The van der Waals surface area contributed by atoms with Gasteiger partial charge in [-0.15, -0.1) is 0 Å². The molecule has 2 rings (SSSR count). The van der Waals surface area contributed by atoms with E-state index < -0.39 is 16.7 Å². The average Bonchev–Trinajstić information content (AvgIpc) is 2.50. The van der Waals surface area contributed by atoms with Crippen LogP contribution in [0.3, 0.4) is 0 Å². The second kappa shape index (κ2) is 6.08. The molecule has 0 radical (unpaired) electrons. The van der Waals surface area contributed by atoms with E-state index in [1.165, 1.54) is 24.3 Å². The highest BCUT2D eigenvalue weighted by molar-refractivity contribution is 5.93. The van der Waals surface area contributed by atoms with E-state index in [0.29, 0.717) is 0 Å². The van der Waals surface area contributed by atoms with Crippen molar-refractivity contribution in [2.24, 2.45) is 0 Å². The van der Waals surface area contributed by atoms with Gasteiger partial charge in [0.15, 0.2) is 0 Å². The van der Waals surface area contributed by atoms with Crippen LogP contribution in [0.2, 0.25) is 0 Å². The Morgan fingerprint density at radius 2 is 2.00 bits per heavy atom. The second-order valence-corrected chi connectivity index (χ2v) is 4.21. The van der Waals surface area contributed by atoms with E-state index in [9.17, 15) is 19.3 Å². The van der Waals surface area contributed by atoms with E-state index in [1.54, 1.807) is 0 Å². The van der Waals surface area contributed by atoms with Gasteiger partial charge in [0.2, 0.25) is 0 Å². The van der Waals surface area contributed by atoms with E-state index in [4.69, 9.17) is 10.5 Å². The first-order valence-corrected chi connectivity index (χ1v) is 6.02. The van der Waals surface area contributed by atoms with E-state index in [0.717, 1.165) is 19.2 Å². The molecule has 0 saturated carbocycles. The van der Waals surface area contributed by atoms with Crippen LogP contribution >= 0.6 is 0 Å². The lowest BCUT2D eigenvalue weighted by Gasteiger charge is -2.10. The molecular formula is C14H11FN2O5. The molecule has 0 aliphatic heterocycles. The molecule has 0 unspecified atom stereocenters. The van der Waals surface area contributed by atoms with Gasteiger partial charge in [-0.05, 0) is 18.2 Å². The maximum atomic E-state index is 13.1. The van der Waals surface area contributed by atoms with Crippen molar-refractivity contribution in [3.05, 3.63) is 57.9 Å². The summed E-state index contributed by atoms with van der Waals surface area (Å²) in [5, 5.41) is 10.8. The summed E-state index contributed by atoms with van der Waals surface area (Å²) in [6.07, 6.45) is 0. The van der Waals surface area contributed by atoms with E-state index >= 15 is 0 Å². The Morgan fingerprint density at radius 3 is 2.59 bits per heavy atom. The fraction of sp³-hybridized carbons (Fsp3) is 0.0714. The maximum Gasteiger partial charge on any atom is 0.341 e. The Balaban J connectivity index is 2.42. The Kier molecular flexibility index (Phi) is 4.21. The van der Waals surface area contributed by atoms with Gasteiger partial charge >= 0.3 is 5.97 Å². The van der Waals surface area contributed by atoms with E-state index in [2.05, 4.69) is 4.74 Å². The lowest BCUT2D eigenvalue weighted by atomic mass is 10.1. The van der Waals surface area contributed by atoms with Gasteiger partial charge in [0, 0.05) is 18.2 Å². The van der Waals surface area contributed by atoms with Gasteiger partial charge in [-0.1, -0.05) is 0 Å². The normalized spacial score (nSPS) is 10.1. The molecule has 8 heteroatoms. The molecule has 0 bridgehead atoms. The molecule has 2 aromatic rings. The number of non-ortho nitro benzene ring substituents is 1. The van der Waals surface area contributed by atoms with Crippen LogP contribution in [-0.2, 0) is 4.74 Å². The molecule has 0 spiro atoms. The number of hydrogen-bond donors (Lipinski definition) is 1. The Labute approximate surface area is 124 Å². The first-order chi connectivity index (χ1) is 10.4. The Morgan fingerprint density at radius 1 is 1.27 bits per heavy atom. The minimum absolute atomic E-state index is 0.0310. The number of halogens is 1. The summed E-state index contributed by atoms with van der Waals surface area (Å²) in [4.78, 5) is 21.8. The molecule has 22 heavy (non-hydrogen) atoms. The number of carbonyl (C=O) groups is 1. The fourth-order valence-corrected chi connectivity index (χ4v) is 1.70. The molecule has 0 aromatic heterocycles. The standard InChI is InChI=1S/C14H11FN2O5/c1-21-14(18)10-6-8(17(19)20)2-5-13(10)22-9-3-4-11(15)12(16)7-9/h2-7H,16H2,1H3. The third kappa shape index (κ3) is 3.11. The minimum atomic E-state index is -0.797. The predicted octanol–water partition coefficient (Wildman–Crippen LogP) is 2.89. The van der Waals surface area contributed by atoms with Gasteiger partial charge in [-0.3, -0.25) is 10.1 Å². The molecule has 0 amide bonds. The predicted molar refractivity (Wildman–Crippen MR) is 75.3 cm³/mol. The number of hydrogen-bond acceptors (Lipinski definition) is 6. The number of nitrogens with two attached hydrogens (primary N) is 1. The van der Waals surface area contributed by atoms with Crippen LogP contribution in [0, 0.1) is 15.9 Å². The van der Waals surface area contributed by atoms with Crippen LogP contribution in [0.15, 0.2) is 36.4 Å². The molecule has 0 atom stereocenters. The first-order valence-electron chi connectivity index (χ1n) is 6.02. The van der Waals surface area contributed by atoms with Gasteiger partial charge in [0.05, 0.1) is 17.7 Å². The number of ether oxygens (including phenoxy) is 2. The number of rotatable bonds is 4. The number of esters is 1. The average molecular weight is 306 g/mol. The molecule has 7 nitrogen and oxygen atoms in total. The minimum Gasteiger partial charge on any atom is -0.465 e. The van der Waals surface area contributed by atoms with Gasteiger partial charge in [0.1, 0.15) is 22.9 Å². The summed E-state index contributed by atoms with van der Waals surface area (Å²) in [5.41, 5.74) is 4.89. The van der Waals surface area contributed by atoms with Crippen LogP contribution < -0.4 is 10.5 Å². The highest BCUT2D eigenvalue weighted by Gasteiger charge is 2.19. The van der Waals surface area contributed by atoms with Gasteiger partial charge in [0.25, 0.3) is 5.69 Å². The van der Waals surface area contributed by atoms with Crippen molar-refractivity contribution in [2.75, 3.05) is 12.8 Å². The summed E-state index contributed by atoms with van der Waals surface area (Å²) in [6.45, 7) is 0. The largest absolute Gasteiger partial charge is 0.465 e. The molecule has 0 fully saturated rings. The Bertz CT molecular complexity index is 748. The first kappa shape index (κ1) is 15.2. The van der Waals surface area contributed by atoms with Crippen LogP contribution in [-0.4, -0.2) is 18.0 Å². The number of carbonyl (C=O) groups excluding carboxylic acids is 1. The summed E-state index contributed by atoms with van der Waals surface area (Å²) in [7, 11) is 1.14. The van der Waals surface area contributed by atoms with Crippen molar-refractivity contribution in [3.63, 3.8) is 0 Å². The SMILES string of the molecule is COC(=O)c1cc([N+](=O)[O-])ccc1Oc1ccc(F)c(N)c1. The zero-order chi connectivity index (χ0) is 16.3. The molecular weight excluding hydrogens is 295 g/mol. The Hall–Kier alpha value is -3.16. The lowest BCUT2D eigenvalue weighted by molar-refractivity contribution is -0.384. The lowest BCUT2D eigenvalue weighted by Crippen LogP contribution is -2.05. The summed E-state index contributed by atoms with van der Waals surface area (Å²) in [5.74, 6) is -1.20. The highest BCUT2D eigenvalue weighted by Crippen LogP contribution is 2.30. The van der Waals surface area contributed by atoms with Gasteiger partial charge in [-0.25, -0.2) is 9.18 Å². The van der Waals surface area contributed by atoms with Crippen molar-refractivity contribution in [1.29, 1.82) is 0 Å². The van der Waals surface area contributed by atoms with Crippen LogP contribution in [0.4, 0.5) is 15.8 Å². The number of benzene rings is 2. The highest BCUT2D eigenvalue weighted by atomic mass is 19.1. The van der Waals surface area contributed by atoms with Crippen molar-refractivity contribution in [1.82, 2.24) is 0 Å². The second-order valence-electron chi connectivity index (χ2n) is 4.21. The van der Waals surface area contributed by atoms with Crippen LogP contribution in [0.1, 0.15) is 10.4 Å². The molecule has 2 N–H and O–H groups in total. The topological polar surface area (TPSA) is 105 Å². The fourth-order valence-electron chi connectivity index (χ4n) is 1.70. The number of nitrogens with zero attached hydrogens (tertiary/aromatic N) is 1.